The Labute approximate surface area is 142 Å². The molecule has 2 heterocycles. The normalized spacial score (nSPS) is 22.4. The summed E-state index contributed by atoms with van der Waals surface area (Å²) in [4.78, 5) is 7.92. The topological polar surface area (TPSA) is 60.5 Å². The first-order chi connectivity index (χ1) is 11.9. The number of nitrogens with two attached hydrogens (primary N) is 1. The van der Waals surface area contributed by atoms with Crippen LogP contribution in [0.5, 0.6) is 0 Å². The van der Waals surface area contributed by atoms with Gasteiger partial charge in [-0.25, -0.2) is 4.99 Å². The van der Waals surface area contributed by atoms with Crippen LogP contribution in [0.3, 0.4) is 0 Å². The van der Waals surface area contributed by atoms with Gasteiger partial charge in [0.05, 0.1) is 12.1 Å². The smallest absolute Gasteiger partial charge is 0.417 e. The number of fused-ring (bicyclic) bond motifs is 1. The van der Waals surface area contributed by atoms with Crippen molar-refractivity contribution >= 4 is 6.02 Å². The highest BCUT2D eigenvalue weighted by molar-refractivity contribution is 5.74. The van der Waals surface area contributed by atoms with Gasteiger partial charge in [0.25, 0.3) is 6.02 Å². The molecule has 1 aliphatic heterocycles. The lowest BCUT2D eigenvalue weighted by Gasteiger charge is -2.34. The van der Waals surface area contributed by atoms with E-state index in [4.69, 9.17) is 10.5 Å². The highest BCUT2D eigenvalue weighted by atomic mass is 19.4. The number of hydrogen-bond donors (Lipinski definition) is 1. The summed E-state index contributed by atoms with van der Waals surface area (Å²) < 4.78 is 44.7. The molecule has 0 bridgehead atoms. The second kappa shape index (κ2) is 5.47. The molecular formula is C18H16F3N3O. The molecule has 1 spiro atoms. The molecule has 25 heavy (non-hydrogen) atoms. The molecule has 2 N–H and O–H groups in total. The van der Waals surface area contributed by atoms with Crippen LogP contribution in [0.25, 0.3) is 11.1 Å². The molecule has 0 fully saturated rings. The van der Waals surface area contributed by atoms with E-state index in [0.29, 0.717) is 24.9 Å². The number of halogens is 3. The average Bonchev–Trinajstić information content (AvgIpc) is 2.93. The summed E-state index contributed by atoms with van der Waals surface area (Å²) in [6, 6.07) is 7.04. The van der Waals surface area contributed by atoms with E-state index in [2.05, 4.69) is 9.98 Å². The number of benzene rings is 1. The standard InChI is InChI=1S/C18H16F3N3O/c19-18(20,21)13-6-12(8-23-9-13)14-3-1-2-11-7-17(5-4-15(11)14)10-24-16(22)25-17/h1-3,6,8-9H,4-5,7,10H2,(H2,22,24). The summed E-state index contributed by atoms with van der Waals surface area (Å²) in [5.41, 5.74) is 7.87. The number of rotatable bonds is 1. The molecule has 0 radical (unpaired) electrons. The summed E-state index contributed by atoms with van der Waals surface area (Å²) in [5, 5.41) is 0. The molecule has 1 aliphatic carbocycles. The first-order valence-electron chi connectivity index (χ1n) is 7.99. The third-order valence-electron chi connectivity index (χ3n) is 4.84. The van der Waals surface area contributed by atoms with Crippen molar-refractivity contribution in [3.8, 4) is 11.1 Å². The van der Waals surface area contributed by atoms with Crippen molar-refractivity contribution in [1.82, 2.24) is 4.98 Å². The Morgan fingerprint density at radius 2 is 2.04 bits per heavy atom. The van der Waals surface area contributed by atoms with Crippen molar-refractivity contribution in [2.24, 2.45) is 10.7 Å². The van der Waals surface area contributed by atoms with E-state index in [9.17, 15) is 13.2 Å². The van der Waals surface area contributed by atoms with Crippen molar-refractivity contribution in [2.45, 2.75) is 31.0 Å². The molecule has 2 aromatic rings. The Morgan fingerprint density at radius 3 is 2.76 bits per heavy atom. The maximum Gasteiger partial charge on any atom is 0.417 e. The second-order valence-electron chi connectivity index (χ2n) is 6.52. The number of ether oxygens (including phenoxy) is 1. The number of aliphatic imine (C=N–C) groups is 1. The lowest BCUT2D eigenvalue weighted by Crippen LogP contribution is -2.40. The van der Waals surface area contributed by atoms with Crippen LogP contribution in [-0.4, -0.2) is 23.2 Å². The molecule has 7 heteroatoms. The van der Waals surface area contributed by atoms with Crippen LogP contribution >= 0.6 is 0 Å². The predicted octanol–water partition coefficient (Wildman–Crippen LogP) is 3.34. The molecule has 2 aliphatic rings. The highest BCUT2D eigenvalue weighted by Crippen LogP contribution is 2.39. The SMILES string of the molecule is NC1=NCC2(CCc3c(cccc3-c3cncc(C(F)(F)F)c3)C2)O1. The van der Waals surface area contributed by atoms with E-state index in [-0.39, 0.29) is 6.02 Å². The summed E-state index contributed by atoms with van der Waals surface area (Å²) >= 11 is 0. The summed E-state index contributed by atoms with van der Waals surface area (Å²) in [6.45, 7) is 0.521. The van der Waals surface area contributed by atoms with Gasteiger partial charge in [0.2, 0.25) is 0 Å². The van der Waals surface area contributed by atoms with Crippen molar-refractivity contribution in [2.75, 3.05) is 6.54 Å². The molecule has 0 saturated heterocycles. The molecule has 0 saturated carbocycles. The fourth-order valence-electron chi connectivity index (χ4n) is 3.63. The van der Waals surface area contributed by atoms with Gasteiger partial charge >= 0.3 is 6.18 Å². The maximum absolute atomic E-state index is 13.0. The minimum atomic E-state index is -4.41. The van der Waals surface area contributed by atoms with Gasteiger partial charge in [0, 0.05) is 24.4 Å². The largest absolute Gasteiger partial charge is 0.456 e. The highest BCUT2D eigenvalue weighted by Gasteiger charge is 2.41. The Kier molecular flexibility index (Phi) is 3.49. The number of hydrogen-bond acceptors (Lipinski definition) is 4. The maximum atomic E-state index is 13.0. The third kappa shape index (κ3) is 2.83. The number of amidine groups is 1. The fraction of sp³-hybridized carbons (Fsp3) is 0.333. The zero-order valence-electron chi connectivity index (χ0n) is 13.3. The minimum Gasteiger partial charge on any atom is -0.456 e. The summed E-state index contributed by atoms with van der Waals surface area (Å²) in [5.74, 6) is 0. The van der Waals surface area contributed by atoms with Crippen LogP contribution in [0.4, 0.5) is 13.2 Å². The number of pyridine rings is 1. The molecule has 1 unspecified atom stereocenters. The van der Waals surface area contributed by atoms with Crippen molar-refractivity contribution in [1.29, 1.82) is 0 Å². The quantitative estimate of drug-likeness (QED) is 0.861. The van der Waals surface area contributed by atoms with Gasteiger partial charge in [-0.1, -0.05) is 18.2 Å². The lowest BCUT2D eigenvalue weighted by molar-refractivity contribution is -0.137. The minimum absolute atomic E-state index is 0.210. The van der Waals surface area contributed by atoms with Gasteiger partial charge in [0.1, 0.15) is 5.60 Å². The first kappa shape index (κ1) is 15.9. The number of nitrogens with zero attached hydrogens (tertiary/aromatic N) is 2. The lowest BCUT2D eigenvalue weighted by atomic mass is 9.78. The molecule has 1 aromatic heterocycles. The average molecular weight is 347 g/mol. The zero-order valence-corrected chi connectivity index (χ0v) is 13.3. The monoisotopic (exact) mass is 347 g/mol. The van der Waals surface area contributed by atoms with Crippen molar-refractivity contribution < 1.29 is 17.9 Å². The summed E-state index contributed by atoms with van der Waals surface area (Å²) in [6.07, 6.45) is -0.0118. The molecule has 0 amide bonds. The van der Waals surface area contributed by atoms with E-state index in [1.165, 1.54) is 6.20 Å². The third-order valence-corrected chi connectivity index (χ3v) is 4.84. The van der Waals surface area contributed by atoms with E-state index in [1.54, 1.807) is 0 Å². The molecule has 4 nitrogen and oxygen atoms in total. The molecule has 4 rings (SSSR count). The van der Waals surface area contributed by atoms with Gasteiger partial charge in [0.15, 0.2) is 0 Å². The van der Waals surface area contributed by atoms with Gasteiger partial charge in [-0.3, -0.25) is 4.98 Å². The van der Waals surface area contributed by atoms with Crippen LogP contribution in [0, 0.1) is 0 Å². The van der Waals surface area contributed by atoms with Crippen LogP contribution in [0.2, 0.25) is 0 Å². The molecule has 1 atom stereocenters. The van der Waals surface area contributed by atoms with Crippen molar-refractivity contribution in [3.63, 3.8) is 0 Å². The van der Waals surface area contributed by atoms with Gasteiger partial charge in [-0.05, 0) is 35.6 Å². The van der Waals surface area contributed by atoms with Crippen LogP contribution in [-0.2, 0) is 23.8 Å². The van der Waals surface area contributed by atoms with Crippen molar-refractivity contribution in [3.05, 3.63) is 53.3 Å². The molecule has 1 aromatic carbocycles. The van der Waals surface area contributed by atoms with E-state index in [0.717, 1.165) is 35.4 Å². The summed E-state index contributed by atoms with van der Waals surface area (Å²) in [7, 11) is 0. The van der Waals surface area contributed by atoms with Gasteiger partial charge < -0.3 is 10.5 Å². The second-order valence-corrected chi connectivity index (χ2v) is 6.52. The molecule has 130 valence electrons. The van der Waals surface area contributed by atoms with E-state index < -0.39 is 17.3 Å². The predicted molar refractivity (Wildman–Crippen MR) is 87.0 cm³/mol. The Hall–Kier alpha value is -2.57. The van der Waals surface area contributed by atoms with E-state index >= 15 is 0 Å². The Bertz CT molecular complexity index is 863. The van der Waals surface area contributed by atoms with Gasteiger partial charge in [-0.2, -0.15) is 13.2 Å². The number of alkyl halides is 3. The van der Waals surface area contributed by atoms with Crippen LogP contribution in [0.1, 0.15) is 23.1 Å². The fourth-order valence-corrected chi connectivity index (χ4v) is 3.63. The molecular weight excluding hydrogens is 331 g/mol. The van der Waals surface area contributed by atoms with Gasteiger partial charge in [-0.15, -0.1) is 0 Å². The Balaban J connectivity index is 1.72. The first-order valence-corrected chi connectivity index (χ1v) is 7.99. The zero-order chi connectivity index (χ0) is 17.7. The number of aromatic nitrogens is 1. The van der Waals surface area contributed by atoms with Crippen LogP contribution < -0.4 is 5.73 Å². The van der Waals surface area contributed by atoms with Crippen LogP contribution in [0.15, 0.2) is 41.7 Å². The Morgan fingerprint density at radius 1 is 1.20 bits per heavy atom. The van der Waals surface area contributed by atoms with E-state index in [1.807, 2.05) is 18.2 Å².